The number of alkyl carbamates (subject to hydrolysis) is 1. The van der Waals surface area contributed by atoms with Gasteiger partial charge in [-0.05, 0) is 11.6 Å². The number of nitrogens with one attached hydrogen (secondary N) is 1. The Bertz CT molecular complexity index is 726. The fourth-order valence-corrected chi connectivity index (χ4v) is 2.93. The summed E-state index contributed by atoms with van der Waals surface area (Å²) < 4.78 is 16.0. The second-order valence-corrected chi connectivity index (χ2v) is 5.97. The molecule has 1 aliphatic heterocycles. The lowest BCUT2D eigenvalue weighted by Crippen LogP contribution is -2.24. The number of thiophene rings is 1. The van der Waals surface area contributed by atoms with Gasteiger partial charge in [-0.15, -0.1) is 11.3 Å². The first-order chi connectivity index (χ1) is 11.8. The molecule has 2 aromatic rings. The molecule has 3 rings (SSSR count). The van der Waals surface area contributed by atoms with E-state index < -0.39 is 6.09 Å². The number of carbonyl (C=O) groups excluding carboxylic acids is 1. The molecule has 1 amide bonds. The minimum atomic E-state index is -0.480. The van der Waals surface area contributed by atoms with Crippen LogP contribution in [0.15, 0.2) is 41.8 Å². The van der Waals surface area contributed by atoms with Crippen LogP contribution in [0.25, 0.3) is 0 Å². The Labute approximate surface area is 144 Å². The summed E-state index contributed by atoms with van der Waals surface area (Å²) in [5.74, 6) is 5.89. The fourth-order valence-electron chi connectivity index (χ4n) is 2.10. The highest BCUT2D eigenvalue weighted by atomic mass is 32.1. The van der Waals surface area contributed by atoms with Gasteiger partial charge in [0.05, 0.1) is 24.6 Å². The summed E-state index contributed by atoms with van der Waals surface area (Å²) in [6.45, 7) is 1.72. The lowest BCUT2D eigenvalue weighted by molar-refractivity contribution is -0.0413. The second kappa shape index (κ2) is 8.50. The molecule has 1 aliphatic rings. The van der Waals surface area contributed by atoms with Crippen molar-refractivity contribution in [1.29, 1.82) is 0 Å². The Kier molecular flexibility index (Phi) is 5.85. The van der Waals surface area contributed by atoms with Gasteiger partial charge in [0, 0.05) is 10.9 Å². The van der Waals surface area contributed by atoms with E-state index in [9.17, 15) is 4.79 Å². The molecule has 0 spiro atoms. The molecule has 1 saturated heterocycles. The summed E-state index contributed by atoms with van der Waals surface area (Å²) in [5.41, 5.74) is 1.83. The SMILES string of the molecule is O=C(NCC#Cc1csc(C2OCCO2)c1)OCc1ccccc1. The second-order valence-electron chi connectivity index (χ2n) is 5.03. The molecule has 24 heavy (non-hydrogen) atoms. The van der Waals surface area contributed by atoms with Crippen LogP contribution < -0.4 is 5.32 Å². The van der Waals surface area contributed by atoms with Crippen molar-refractivity contribution in [3.8, 4) is 11.8 Å². The Morgan fingerprint density at radius 3 is 2.88 bits per heavy atom. The summed E-state index contributed by atoms with van der Waals surface area (Å²) in [4.78, 5) is 12.6. The average molecular weight is 343 g/mol. The maximum atomic E-state index is 11.6. The Morgan fingerprint density at radius 2 is 2.08 bits per heavy atom. The highest BCUT2D eigenvalue weighted by Crippen LogP contribution is 2.28. The first kappa shape index (κ1) is 16.5. The highest BCUT2D eigenvalue weighted by Gasteiger charge is 2.19. The van der Waals surface area contributed by atoms with Gasteiger partial charge >= 0.3 is 6.09 Å². The van der Waals surface area contributed by atoms with E-state index in [1.54, 1.807) is 11.3 Å². The average Bonchev–Trinajstić information content (AvgIpc) is 3.29. The number of carbonyl (C=O) groups is 1. The molecule has 2 heterocycles. The molecule has 0 aliphatic carbocycles. The van der Waals surface area contributed by atoms with Gasteiger partial charge in [-0.1, -0.05) is 42.2 Å². The number of ether oxygens (including phenoxy) is 3. The van der Waals surface area contributed by atoms with Gasteiger partial charge in [-0.25, -0.2) is 4.79 Å². The topological polar surface area (TPSA) is 56.8 Å². The maximum absolute atomic E-state index is 11.6. The zero-order valence-electron chi connectivity index (χ0n) is 13.0. The zero-order chi connectivity index (χ0) is 16.6. The molecule has 0 saturated carbocycles. The summed E-state index contributed by atoms with van der Waals surface area (Å²) in [7, 11) is 0. The van der Waals surface area contributed by atoms with E-state index in [1.807, 2.05) is 41.8 Å². The van der Waals surface area contributed by atoms with Gasteiger partial charge in [0.2, 0.25) is 0 Å². The molecule has 1 aromatic carbocycles. The van der Waals surface area contributed by atoms with Crippen LogP contribution in [0, 0.1) is 11.8 Å². The molecule has 124 valence electrons. The van der Waals surface area contributed by atoms with Crippen LogP contribution >= 0.6 is 11.3 Å². The predicted molar refractivity (Wildman–Crippen MR) is 90.5 cm³/mol. The first-order valence-electron chi connectivity index (χ1n) is 7.56. The standard InChI is InChI=1S/C18H17NO4S/c20-18(23-12-14-5-2-1-3-6-14)19-8-4-7-15-11-16(24-13-15)17-21-9-10-22-17/h1-3,5-6,11,13,17H,8-10,12H2,(H,19,20). The van der Waals surface area contributed by atoms with Gasteiger partial charge < -0.3 is 19.5 Å². The minimum Gasteiger partial charge on any atom is -0.445 e. The number of amides is 1. The number of hydrogen-bond acceptors (Lipinski definition) is 5. The third-order valence-electron chi connectivity index (χ3n) is 3.24. The lowest BCUT2D eigenvalue weighted by Gasteiger charge is -2.04. The van der Waals surface area contributed by atoms with Crippen molar-refractivity contribution in [2.75, 3.05) is 19.8 Å². The van der Waals surface area contributed by atoms with Crippen molar-refractivity contribution in [1.82, 2.24) is 5.32 Å². The van der Waals surface area contributed by atoms with E-state index >= 15 is 0 Å². The van der Waals surface area contributed by atoms with E-state index in [0.29, 0.717) is 13.2 Å². The molecular weight excluding hydrogens is 326 g/mol. The smallest absolute Gasteiger partial charge is 0.408 e. The molecule has 1 N–H and O–H groups in total. The van der Waals surface area contributed by atoms with Crippen LogP contribution in [0.4, 0.5) is 4.79 Å². The first-order valence-corrected chi connectivity index (χ1v) is 8.44. The fraction of sp³-hybridized carbons (Fsp3) is 0.278. The van der Waals surface area contributed by atoms with Crippen LogP contribution in [-0.2, 0) is 20.8 Å². The van der Waals surface area contributed by atoms with Crippen LogP contribution in [-0.4, -0.2) is 25.9 Å². The molecule has 5 nitrogen and oxygen atoms in total. The summed E-state index contributed by atoms with van der Waals surface area (Å²) in [6, 6.07) is 11.5. The van der Waals surface area contributed by atoms with Crippen molar-refractivity contribution < 1.29 is 19.0 Å². The largest absolute Gasteiger partial charge is 0.445 e. The summed E-state index contributed by atoms with van der Waals surface area (Å²) >= 11 is 1.55. The zero-order valence-corrected chi connectivity index (χ0v) is 13.8. The van der Waals surface area contributed by atoms with Crippen molar-refractivity contribution in [2.24, 2.45) is 0 Å². The van der Waals surface area contributed by atoms with Gasteiger partial charge in [0.15, 0.2) is 6.29 Å². The minimum absolute atomic E-state index is 0.231. The van der Waals surface area contributed by atoms with Crippen LogP contribution in [0.1, 0.15) is 22.3 Å². The van der Waals surface area contributed by atoms with E-state index in [1.165, 1.54) is 0 Å². The van der Waals surface area contributed by atoms with Crippen LogP contribution in [0.2, 0.25) is 0 Å². The van der Waals surface area contributed by atoms with Gasteiger partial charge in [0.25, 0.3) is 0 Å². The van der Waals surface area contributed by atoms with Crippen molar-refractivity contribution >= 4 is 17.4 Å². The van der Waals surface area contributed by atoms with Crippen LogP contribution in [0.3, 0.4) is 0 Å². The number of benzene rings is 1. The molecular formula is C18H17NO4S. The van der Waals surface area contributed by atoms with Crippen molar-refractivity contribution in [3.63, 3.8) is 0 Å². The lowest BCUT2D eigenvalue weighted by atomic mass is 10.2. The molecule has 1 aromatic heterocycles. The van der Waals surface area contributed by atoms with Crippen molar-refractivity contribution in [2.45, 2.75) is 12.9 Å². The van der Waals surface area contributed by atoms with E-state index in [4.69, 9.17) is 14.2 Å². The monoisotopic (exact) mass is 343 g/mol. The van der Waals surface area contributed by atoms with E-state index in [2.05, 4.69) is 17.2 Å². The van der Waals surface area contributed by atoms with E-state index in [-0.39, 0.29) is 19.4 Å². The maximum Gasteiger partial charge on any atom is 0.408 e. The summed E-state index contributed by atoms with van der Waals surface area (Å²) in [6.07, 6.45) is -0.747. The molecule has 0 radical (unpaired) electrons. The molecule has 0 bridgehead atoms. The predicted octanol–water partition coefficient (Wildman–Crippen LogP) is 3.07. The third-order valence-corrected chi connectivity index (χ3v) is 4.19. The Balaban J connectivity index is 1.40. The molecule has 0 unspecified atom stereocenters. The molecule has 6 heteroatoms. The molecule has 0 atom stereocenters. The van der Waals surface area contributed by atoms with Gasteiger partial charge in [-0.3, -0.25) is 0 Å². The van der Waals surface area contributed by atoms with Crippen LogP contribution in [0.5, 0.6) is 0 Å². The highest BCUT2D eigenvalue weighted by molar-refractivity contribution is 7.10. The van der Waals surface area contributed by atoms with Gasteiger partial charge in [0.1, 0.15) is 6.61 Å². The third kappa shape index (κ3) is 4.83. The Morgan fingerprint density at radius 1 is 1.29 bits per heavy atom. The number of hydrogen-bond donors (Lipinski definition) is 1. The Hall–Kier alpha value is -2.33. The number of rotatable bonds is 4. The normalized spacial score (nSPS) is 14.0. The van der Waals surface area contributed by atoms with E-state index in [0.717, 1.165) is 16.0 Å². The summed E-state index contributed by atoms with van der Waals surface area (Å²) in [5, 5.41) is 4.55. The van der Waals surface area contributed by atoms with Crippen molar-refractivity contribution in [3.05, 3.63) is 57.8 Å². The van der Waals surface area contributed by atoms with Gasteiger partial charge in [-0.2, -0.15) is 0 Å². The quantitative estimate of drug-likeness (QED) is 0.867. The molecule has 1 fully saturated rings.